The second kappa shape index (κ2) is 8.37. The molecule has 0 aliphatic carbocycles. The van der Waals surface area contributed by atoms with Crippen molar-refractivity contribution in [3.63, 3.8) is 0 Å². The lowest BCUT2D eigenvalue weighted by molar-refractivity contribution is -0.152. The van der Waals surface area contributed by atoms with Crippen LogP contribution in [0.5, 0.6) is 0 Å². The Bertz CT molecular complexity index is 600. The summed E-state index contributed by atoms with van der Waals surface area (Å²) in [5.41, 5.74) is 1.83. The number of terminal acetylenes is 1. The first-order valence-electron chi connectivity index (χ1n) is 7.52. The van der Waals surface area contributed by atoms with Crippen molar-refractivity contribution in [1.29, 1.82) is 0 Å². The topological polar surface area (TPSA) is 67.8 Å². The summed E-state index contributed by atoms with van der Waals surface area (Å²) >= 11 is 0. The maximum atomic E-state index is 11.9. The van der Waals surface area contributed by atoms with Gasteiger partial charge in [0.05, 0.1) is 19.8 Å². The highest BCUT2D eigenvalue weighted by Crippen LogP contribution is 2.23. The lowest BCUT2D eigenvalue weighted by Crippen LogP contribution is -2.32. The van der Waals surface area contributed by atoms with E-state index in [0.717, 1.165) is 11.1 Å². The van der Waals surface area contributed by atoms with Crippen LogP contribution in [0, 0.1) is 18.3 Å². The Labute approximate surface area is 136 Å². The van der Waals surface area contributed by atoms with Crippen molar-refractivity contribution in [1.82, 2.24) is 5.32 Å². The molecule has 0 radical (unpaired) electrons. The minimum absolute atomic E-state index is 0.0192. The number of hydrogen-bond donors (Lipinski definition) is 2. The zero-order valence-corrected chi connectivity index (χ0v) is 13.1. The Morgan fingerprint density at radius 2 is 2.13 bits per heavy atom. The van der Waals surface area contributed by atoms with Gasteiger partial charge in [-0.2, -0.15) is 0 Å². The summed E-state index contributed by atoms with van der Waals surface area (Å²) in [4.78, 5) is 11.9. The van der Waals surface area contributed by atoms with Crippen LogP contribution in [0.15, 0.2) is 36.1 Å². The van der Waals surface area contributed by atoms with Crippen LogP contribution in [0.2, 0.25) is 0 Å². The second-order valence-electron chi connectivity index (χ2n) is 5.46. The molecular weight excluding hydrogens is 294 g/mol. The molecule has 0 bridgehead atoms. The minimum Gasteiger partial charge on any atom is -0.459 e. The van der Waals surface area contributed by atoms with Crippen LogP contribution in [-0.4, -0.2) is 23.8 Å². The number of aliphatic hydroxyl groups excluding tert-OH is 1. The first-order valence-corrected chi connectivity index (χ1v) is 7.52. The fourth-order valence-electron chi connectivity index (χ4n) is 2.24. The molecular formula is C18H21NO4. The van der Waals surface area contributed by atoms with Gasteiger partial charge in [-0.25, -0.2) is 0 Å². The standard InChI is InChI=1S/C18H21NO4/c1-3-8-19-18(21)16-9-13(2)10-17(23-16)22-12-15-6-4-14(11-20)5-7-15/h1,4-7,9,13,17,20H,8,10-12H2,2H3,(H,19,21)/t13-,17+/m1/s1. The molecule has 5 heteroatoms. The van der Waals surface area contributed by atoms with Gasteiger partial charge in [-0.05, 0) is 23.1 Å². The molecule has 2 atom stereocenters. The number of benzene rings is 1. The lowest BCUT2D eigenvalue weighted by atomic mass is 10.0. The van der Waals surface area contributed by atoms with E-state index in [-0.39, 0.29) is 30.7 Å². The van der Waals surface area contributed by atoms with Crippen molar-refractivity contribution in [2.45, 2.75) is 32.8 Å². The van der Waals surface area contributed by atoms with Gasteiger partial charge in [-0.3, -0.25) is 4.79 Å². The van der Waals surface area contributed by atoms with E-state index in [9.17, 15) is 4.79 Å². The summed E-state index contributed by atoms with van der Waals surface area (Å²) in [6, 6.07) is 7.49. The van der Waals surface area contributed by atoms with Crippen LogP contribution in [0.25, 0.3) is 0 Å². The van der Waals surface area contributed by atoms with Crippen LogP contribution < -0.4 is 5.32 Å². The van der Waals surface area contributed by atoms with Crippen LogP contribution in [-0.2, 0) is 27.5 Å². The van der Waals surface area contributed by atoms with Gasteiger partial charge in [0, 0.05) is 6.42 Å². The van der Waals surface area contributed by atoms with Gasteiger partial charge in [0.15, 0.2) is 5.76 Å². The average Bonchev–Trinajstić information content (AvgIpc) is 2.57. The quantitative estimate of drug-likeness (QED) is 0.784. The van der Waals surface area contributed by atoms with E-state index >= 15 is 0 Å². The molecule has 1 aromatic carbocycles. The molecule has 1 amide bonds. The molecule has 2 rings (SSSR count). The fraction of sp³-hybridized carbons (Fsp3) is 0.389. The predicted molar refractivity (Wildman–Crippen MR) is 85.7 cm³/mol. The zero-order chi connectivity index (χ0) is 16.7. The molecule has 0 saturated carbocycles. The Hall–Kier alpha value is -2.29. The molecule has 1 aliphatic rings. The zero-order valence-electron chi connectivity index (χ0n) is 13.1. The van der Waals surface area contributed by atoms with Crippen LogP contribution in [0.1, 0.15) is 24.5 Å². The first-order chi connectivity index (χ1) is 11.1. The second-order valence-corrected chi connectivity index (χ2v) is 5.46. The van der Waals surface area contributed by atoms with Crippen molar-refractivity contribution in [2.24, 2.45) is 5.92 Å². The van der Waals surface area contributed by atoms with Crippen LogP contribution >= 0.6 is 0 Å². The molecule has 0 aromatic heterocycles. The van der Waals surface area contributed by atoms with E-state index in [2.05, 4.69) is 11.2 Å². The highest BCUT2D eigenvalue weighted by Gasteiger charge is 2.25. The number of nitrogens with one attached hydrogen (secondary N) is 1. The maximum Gasteiger partial charge on any atom is 0.286 e. The molecule has 0 fully saturated rings. The van der Waals surface area contributed by atoms with E-state index in [1.165, 1.54) is 0 Å². The largest absolute Gasteiger partial charge is 0.459 e. The summed E-state index contributed by atoms with van der Waals surface area (Å²) in [5, 5.41) is 11.6. The highest BCUT2D eigenvalue weighted by atomic mass is 16.7. The van der Waals surface area contributed by atoms with E-state index in [0.29, 0.717) is 13.0 Å². The average molecular weight is 315 g/mol. The van der Waals surface area contributed by atoms with Crippen molar-refractivity contribution in [2.75, 3.05) is 6.54 Å². The third-order valence-electron chi connectivity index (χ3n) is 3.47. The third-order valence-corrected chi connectivity index (χ3v) is 3.47. The molecule has 1 aliphatic heterocycles. The number of carbonyl (C=O) groups excluding carboxylic acids is 1. The molecule has 1 aromatic rings. The van der Waals surface area contributed by atoms with Gasteiger partial charge in [0.2, 0.25) is 6.29 Å². The van der Waals surface area contributed by atoms with Gasteiger partial charge in [-0.1, -0.05) is 37.1 Å². The van der Waals surface area contributed by atoms with Crippen molar-refractivity contribution in [3.05, 3.63) is 47.2 Å². The highest BCUT2D eigenvalue weighted by molar-refractivity contribution is 5.91. The van der Waals surface area contributed by atoms with Gasteiger partial charge in [0.1, 0.15) is 0 Å². The Balaban J connectivity index is 1.89. The van der Waals surface area contributed by atoms with Crippen molar-refractivity contribution < 1.29 is 19.4 Å². The smallest absolute Gasteiger partial charge is 0.286 e. The van der Waals surface area contributed by atoms with Gasteiger partial charge in [0.25, 0.3) is 5.91 Å². The summed E-state index contributed by atoms with van der Waals surface area (Å²) in [5.74, 6) is 2.46. The number of aliphatic hydroxyl groups is 1. The van der Waals surface area contributed by atoms with E-state index in [1.54, 1.807) is 6.08 Å². The monoisotopic (exact) mass is 315 g/mol. The van der Waals surface area contributed by atoms with Gasteiger partial charge in [-0.15, -0.1) is 6.42 Å². The number of rotatable bonds is 6. The number of hydrogen-bond acceptors (Lipinski definition) is 4. The molecule has 0 saturated heterocycles. The third kappa shape index (κ3) is 5.13. The molecule has 122 valence electrons. The molecule has 1 heterocycles. The van der Waals surface area contributed by atoms with Gasteiger partial charge >= 0.3 is 0 Å². The van der Waals surface area contributed by atoms with E-state index in [4.69, 9.17) is 21.0 Å². The minimum atomic E-state index is -0.473. The van der Waals surface area contributed by atoms with Gasteiger partial charge < -0.3 is 19.9 Å². The van der Waals surface area contributed by atoms with E-state index in [1.807, 2.05) is 31.2 Å². The summed E-state index contributed by atoms with van der Waals surface area (Å²) in [6.45, 7) is 2.56. The molecule has 23 heavy (non-hydrogen) atoms. The first kappa shape index (κ1) is 17.1. The molecule has 5 nitrogen and oxygen atoms in total. The summed E-state index contributed by atoms with van der Waals surface area (Å²) < 4.78 is 11.4. The SMILES string of the molecule is C#CCNC(=O)C1=C[C@@H](C)C[C@@H](OCc2ccc(CO)cc2)O1. The maximum absolute atomic E-state index is 11.9. The number of amides is 1. The number of allylic oxidation sites excluding steroid dienone is 1. The fourth-order valence-corrected chi connectivity index (χ4v) is 2.24. The Morgan fingerprint density at radius 3 is 2.78 bits per heavy atom. The normalized spacial score (nSPS) is 20.1. The Kier molecular flexibility index (Phi) is 6.21. The van der Waals surface area contributed by atoms with E-state index < -0.39 is 6.29 Å². The summed E-state index contributed by atoms with van der Waals surface area (Å²) in [7, 11) is 0. The summed E-state index contributed by atoms with van der Waals surface area (Å²) in [6.07, 6.45) is 7.12. The lowest BCUT2D eigenvalue weighted by Gasteiger charge is -2.27. The number of carbonyl (C=O) groups is 1. The van der Waals surface area contributed by atoms with Crippen LogP contribution in [0.4, 0.5) is 0 Å². The number of ether oxygens (including phenoxy) is 2. The van der Waals surface area contributed by atoms with Crippen molar-refractivity contribution in [3.8, 4) is 12.3 Å². The van der Waals surface area contributed by atoms with Crippen molar-refractivity contribution >= 4 is 5.91 Å². The molecule has 0 spiro atoms. The molecule has 2 N–H and O–H groups in total. The predicted octanol–water partition coefficient (Wildman–Crippen LogP) is 1.71. The Morgan fingerprint density at radius 1 is 1.43 bits per heavy atom. The molecule has 0 unspecified atom stereocenters. The van der Waals surface area contributed by atoms with Crippen LogP contribution in [0.3, 0.4) is 0 Å².